The zero-order valence-electron chi connectivity index (χ0n) is 13.6. The summed E-state index contributed by atoms with van der Waals surface area (Å²) in [6.07, 6.45) is 0. The first-order valence-corrected chi connectivity index (χ1v) is 8.58. The van der Waals surface area contributed by atoms with Crippen LogP contribution in [-0.4, -0.2) is 0 Å². The first-order valence-electron chi connectivity index (χ1n) is 7.70. The second kappa shape index (κ2) is 5.50. The number of nitriles is 1. The molecule has 1 aliphatic rings. The Bertz CT molecular complexity index is 1130. The van der Waals surface area contributed by atoms with E-state index in [0.29, 0.717) is 33.6 Å². The second-order valence-electron chi connectivity index (χ2n) is 5.89. The van der Waals surface area contributed by atoms with Crippen LogP contribution in [0, 0.1) is 25.2 Å². The van der Waals surface area contributed by atoms with Gasteiger partial charge in [-0.2, -0.15) is 5.26 Å². The number of hydrogen-bond acceptors (Lipinski definition) is 6. The highest BCUT2D eigenvalue weighted by molar-refractivity contribution is 7.10. The Kier molecular flexibility index (Phi) is 3.41. The largest absolute Gasteiger partial charge is 0.465 e. The maximum atomic E-state index is 12.6. The summed E-state index contributed by atoms with van der Waals surface area (Å²) in [6, 6.07) is 9.26. The van der Waals surface area contributed by atoms with Crippen LogP contribution in [0.25, 0.3) is 10.8 Å². The van der Waals surface area contributed by atoms with Crippen molar-refractivity contribution in [2.75, 3.05) is 0 Å². The molecule has 3 heterocycles. The third-order valence-corrected chi connectivity index (χ3v) is 5.37. The van der Waals surface area contributed by atoms with E-state index in [-0.39, 0.29) is 17.2 Å². The molecule has 5 nitrogen and oxygen atoms in total. The van der Waals surface area contributed by atoms with Gasteiger partial charge >= 0.3 is 0 Å². The van der Waals surface area contributed by atoms with E-state index in [0.717, 1.165) is 10.4 Å². The molecule has 0 aliphatic carbocycles. The molecule has 0 saturated carbocycles. The average molecular weight is 350 g/mol. The van der Waals surface area contributed by atoms with Gasteiger partial charge in [-0.05, 0) is 31.4 Å². The first-order chi connectivity index (χ1) is 12.0. The summed E-state index contributed by atoms with van der Waals surface area (Å²) in [5.41, 5.74) is 7.00. The third kappa shape index (κ3) is 2.17. The van der Waals surface area contributed by atoms with Crippen molar-refractivity contribution in [3.8, 4) is 11.8 Å². The average Bonchev–Trinajstić information content (AvgIpc) is 3.16. The maximum Gasteiger partial charge on any atom is 0.205 e. The minimum Gasteiger partial charge on any atom is -0.465 e. The van der Waals surface area contributed by atoms with E-state index in [4.69, 9.17) is 14.9 Å². The number of thiophene rings is 1. The van der Waals surface area contributed by atoms with E-state index in [2.05, 4.69) is 6.07 Å². The van der Waals surface area contributed by atoms with Crippen LogP contribution in [0.4, 0.5) is 0 Å². The summed E-state index contributed by atoms with van der Waals surface area (Å²) < 4.78 is 11.5. The van der Waals surface area contributed by atoms with Crippen molar-refractivity contribution in [2.24, 2.45) is 5.73 Å². The molecule has 25 heavy (non-hydrogen) atoms. The fourth-order valence-electron chi connectivity index (χ4n) is 3.39. The number of ether oxygens (including phenoxy) is 1. The molecule has 0 fully saturated rings. The van der Waals surface area contributed by atoms with Gasteiger partial charge in [0, 0.05) is 10.4 Å². The Morgan fingerprint density at radius 3 is 2.64 bits per heavy atom. The molecule has 1 aliphatic heterocycles. The molecular formula is C19H14N2O3S. The molecular weight excluding hydrogens is 336 g/mol. The van der Waals surface area contributed by atoms with Gasteiger partial charge in [0.1, 0.15) is 28.9 Å². The normalized spacial score (nSPS) is 16.4. The van der Waals surface area contributed by atoms with Gasteiger partial charge in [-0.3, -0.25) is 4.79 Å². The highest BCUT2D eigenvalue weighted by atomic mass is 32.1. The molecule has 0 amide bonds. The van der Waals surface area contributed by atoms with Crippen LogP contribution in [0.3, 0.4) is 0 Å². The highest BCUT2D eigenvalue weighted by Gasteiger charge is 2.33. The molecule has 0 spiro atoms. The van der Waals surface area contributed by atoms with Crippen molar-refractivity contribution in [2.45, 2.75) is 19.8 Å². The standard InChI is InChI=1S/C19H14N2O3S/c1-9-15-13(22)6-5-11-17(14-4-3-7-25-14)12(8-20)19(21)24-18(11)16(15)10(2)23-9/h3-7,17H,21H2,1-2H3/t17-/m1/s1. The van der Waals surface area contributed by atoms with Gasteiger partial charge in [0.05, 0.1) is 16.7 Å². The van der Waals surface area contributed by atoms with Crippen LogP contribution >= 0.6 is 11.3 Å². The first kappa shape index (κ1) is 15.5. The van der Waals surface area contributed by atoms with Crippen molar-refractivity contribution < 1.29 is 9.15 Å². The van der Waals surface area contributed by atoms with Gasteiger partial charge in [-0.1, -0.05) is 12.1 Å². The number of fused-ring (bicyclic) bond motifs is 3. The number of aryl methyl sites for hydroxylation is 2. The quantitative estimate of drug-likeness (QED) is 0.723. The van der Waals surface area contributed by atoms with Crippen molar-refractivity contribution in [3.63, 3.8) is 0 Å². The summed E-state index contributed by atoms with van der Waals surface area (Å²) in [5, 5.41) is 12.6. The Morgan fingerprint density at radius 1 is 1.20 bits per heavy atom. The van der Waals surface area contributed by atoms with Crippen LogP contribution in [0.2, 0.25) is 0 Å². The molecule has 124 valence electrons. The van der Waals surface area contributed by atoms with E-state index < -0.39 is 0 Å². The molecule has 2 aromatic heterocycles. The van der Waals surface area contributed by atoms with Gasteiger partial charge < -0.3 is 14.9 Å². The van der Waals surface area contributed by atoms with E-state index >= 15 is 0 Å². The lowest BCUT2D eigenvalue weighted by Gasteiger charge is -2.24. The zero-order valence-corrected chi connectivity index (χ0v) is 14.4. The molecule has 3 aromatic rings. The van der Waals surface area contributed by atoms with Gasteiger partial charge in [0.2, 0.25) is 5.88 Å². The van der Waals surface area contributed by atoms with Crippen molar-refractivity contribution in [3.05, 3.63) is 73.3 Å². The minimum atomic E-state index is -0.363. The van der Waals surface area contributed by atoms with E-state index in [1.54, 1.807) is 19.9 Å². The monoisotopic (exact) mass is 350 g/mol. The van der Waals surface area contributed by atoms with Crippen LogP contribution in [-0.2, 0) is 0 Å². The lowest BCUT2D eigenvalue weighted by atomic mass is 9.88. The van der Waals surface area contributed by atoms with Crippen LogP contribution < -0.4 is 15.9 Å². The number of rotatable bonds is 1. The van der Waals surface area contributed by atoms with E-state index in [9.17, 15) is 10.1 Å². The molecule has 6 heteroatoms. The smallest absolute Gasteiger partial charge is 0.205 e. The summed E-state index contributed by atoms with van der Waals surface area (Å²) in [5.74, 6) is 1.32. The molecule has 4 rings (SSSR count). The molecule has 0 bridgehead atoms. The van der Waals surface area contributed by atoms with Crippen molar-refractivity contribution >= 4 is 22.1 Å². The van der Waals surface area contributed by atoms with Gasteiger partial charge in [-0.15, -0.1) is 11.3 Å². The van der Waals surface area contributed by atoms with E-state index in [1.807, 2.05) is 17.5 Å². The van der Waals surface area contributed by atoms with Gasteiger partial charge in [-0.25, -0.2) is 0 Å². The topological polar surface area (TPSA) is 89.2 Å². The number of nitrogens with zero attached hydrogens (tertiary/aromatic N) is 1. The minimum absolute atomic E-state index is 0.0617. The fourth-order valence-corrected chi connectivity index (χ4v) is 4.25. The fraction of sp³-hybridized carbons (Fsp3) is 0.158. The molecule has 1 atom stereocenters. The summed E-state index contributed by atoms with van der Waals surface area (Å²) in [6.45, 7) is 3.54. The van der Waals surface area contributed by atoms with Crippen molar-refractivity contribution in [1.29, 1.82) is 5.26 Å². The molecule has 0 unspecified atom stereocenters. The zero-order chi connectivity index (χ0) is 17.7. The summed E-state index contributed by atoms with van der Waals surface area (Å²) in [7, 11) is 0. The molecule has 0 saturated heterocycles. The van der Waals surface area contributed by atoms with Crippen LogP contribution in [0.15, 0.2) is 50.3 Å². The lowest BCUT2D eigenvalue weighted by molar-refractivity contribution is 0.398. The molecule has 1 aromatic carbocycles. The Morgan fingerprint density at radius 2 is 1.96 bits per heavy atom. The number of allylic oxidation sites excluding steroid dienone is 1. The van der Waals surface area contributed by atoms with E-state index in [1.165, 1.54) is 17.4 Å². The second-order valence-corrected chi connectivity index (χ2v) is 6.87. The predicted octanol–water partition coefficient (Wildman–Crippen LogP) is 3.69. The summed E-state index contributed by atoms with van der Waals surface area (Å²) in [4.78, 5) is 13.5. The highest BCUT2D eigenvalue weighted by Crippen LogP contribution is 2.46. The third-order valence-electron chi connectivity index (χ3n) is 4.44. The lowest BCUT2D eigenvalue weighted by Crippen LogP contribution is -2.20. The van der Waals surface area contributed by atoms with Gasteiger partial charge in [0.15, 0.2) is 5.43 Å². The molecule has 0 radical (unpaired) electrons. The van der Waals surface area contributed by atoms with Crippen LogP contribution in [0.1, 0.15) is 27.9 Å². The Hall–Kier alpha value is -3.04. The number of furan rings is 1. The molecule has 2 N–H and O–H groups in total. The summed E-state index contributed by atoms with van der Waals surface area (Å²) >= 11 is 1.53. The van der Waals surface area contributed by atoms with Gasteiger partial charge in [0.25, 0.3) is 0 Å². The maximum absolute atomic E-state index is 12.6. The Labute approximate surface area is 147 Å². The SMILES string of the molecule is Cc1oc(C)c2c(=O)ccc3c(c12)OC(N)=C(C#N)[C@@H]3c1cccs1. The Balaban J connectivity index is 2.17. The van der Waals surface area contributed by atoms with Crippen molar-refractivity contribution in [1.82, 2.24) is 0 Å². The number of hydrogen-bond donors (Lipinski definition) is 1. The predicted molar refractivity (Wildman–Crippen MR) is 95.6 cm³/mol. The number of nitrogens with two attached hydrogens (primary N) is 1. The van der Waals surface area contributed by atoms with Crippen LogP contribution in [0.5, 0.6) is 5.75 Å².